The van der Waals surface area contributed by atoms with Crippen molar-refractivity contribution in [3.05, 3.63) is 106 Å². The van der Waals surface area contributed by atoms with Gasteiger partial charge < -0.3 is 45.4 Å². The molecule has 11 heteroatoms. The molecule has 4 bridgehead atoms. The lowest BCUT2D eigenvalue weighted by molar-refractivity contribution is -0.194. The number of nitrogens with one attached hydrogen (secondary N) is 2. The molecule has 3 aliphatic carbocycles. The smallest absolute Gasteiger partial charge is 0.145 e. The van der Waals surface area contributed by atoms with Crippen LogP contribution < -0.4 is 10.6 Å². The molecule has 10 atom stereocenters. The molecule has 0 aromatic heterocycles. The number of benzene rings is 1. The van der Waals surface area contributed by atoms with Crippen molar-refractivity contribution in [3.8, 4) is 0 Å². The molecular formula is C51H76N2O9. The quantitative estimate of drug-likeness (QED) is 0.0289. The van der Waals surface area contributed by atoms with Crippen molar-refractivity contribution in [1.29, 1.82) is 0 Å². The monoisotopic (exact) mass is 861 g/mol. The van der Waals surface area contributed by atoms with Crippen molar-refractivity contribution in [3.63, 3.8) is 0 Å². The molecular weight excluding hydrogens is 785 g/mol. The van der Waals surface area contributed by atoms with E-state index in [9.17, 15) is 35.4 Å². The van der Waals surface area contributed by atoms with E-state index in [-0.39, 0.29) is 62.6 Å². The fourth-order valence-corrected chi connectivity index (χ4v) is 11.5. The van der Waals surface area contributed by atoms with Crippen molar-refractivity contribution in [1.82, 2.24) is 10.6 Å². The number of hydrogen-bond acceptors (Lipinski definition) is 11. The maximum Gasteiger partial charge on any atom is 0.145 e. The zero-order valence-electron chi connectivity index (χ0n) is 37.7. The Morgan fingerprint density at radius 3 is 2.56 bits per heavy atom. The lowest BCUT2D eigenvalue weighted by atomic mass is 9.45. The summed E-state index contributed by atoms with van der Waals surface area (Å²) >= 11 is 0. The van der Waals surface area contributed by atoms with E-state index in [4.69, 9.17) is 9.47 Å². The average molecular weight is 861 g/mol. The van der Waals surface area contributed by atoms with Gasteiger partial charge in [0.15, 0.2) is 0 Å². The molecule has 5 rings (SSSR count). The molecule has 0 saturated heterocycles. The largest absolute Gasteiger partial charge is 0.396 e. The Balaban J connectivity index is 1.48. The van der Waals surface area contributed by atoms with Crippen molar-refractivity contribution in [2.24, 2.45) is 35.0 Å². The van der Waals surface area contributed by atoms with Gasteiger partial charge >= 0.3 is 0 Å². The van der Waals surface area contributed by atoms with Crippen molar-refractivity contribution in [2.45, 2.75) is 108 Å². The molecule has 0 radical (unpaired) electrons. The van der Waals surface area contributed by atoms with Crippen LogP contribution >= 0.6 is 0 Å². The fourth-order valence-electron chi connectivity index (χ4n) is 11.5. The van der Waals surface area contributed by atoms with E-state index < -0.39 is 28.9 Å². The van der Waals surface area contributed by atoms with E-state index in [1.165, 1.54) is 5.56 Å². The van der Waals surface area contributed by atoms with Gasteiger partial charge in [-0.2, -0.15) is 0 Å². The highest BCUT2D eigenvalue weighted by Gasteiger charge is 2.68. The Morgan fingerprint density at radius 2 is 1.85 bits per heavy atom. The third-order valence-corrected chi connectivity index (χ3v) is 14.7. The first kappa shape index (κ1) is 49.9. The number of allylic oxidation sites excluding steroid dienone is 9. The van der Waals surface area contributed by atoms with Gasteiger partial charge in [0.25, 0.3) is 0 Å². The highest BCUT2D eigenvalue weighted by molar-refractivity contribution is 5.74. The summed E-state index contributed by atoms with van der Waals surface area (Å²) in [5, 5.41) is 73.7. The van der Waals surface area contributed by atoms with Gasteiger partial charge in [-0.25, -0.2) is 0 Å². The molecule has 1 spiro atoms. The van der Waals surface area contributed by atoms with Gasteiger partial charge in [-0.3, -0.25) is 10.1 Å². The van der Waals surface area contributed by atoms with Gasteiger partial charge in [0, 0.05) is 49.7 Å². The summed E-state index contributed by atoms with van der Waals surface area (Å²) in [6.45, 7) is 9.57. The number of ether oxygens (including phenoxy) is 2. The standard InChI is InChI=1S/C51H76N2O9/c1-35(41-14-13-36(2)48(59)53-49(19-8-24-54,22-27-61-5)31-39-11-7-10-38(29-39)30-41)9-6-12-43(34-62-28-26-56)44-17-20-51(47(44)58)46-40(18-25-55)15-16-42(45(46)37(3)33-57)32-50(51,60)21-23-52-4/h6-7,9-13,15-16,29,33,40-42,44,46-48,52-56,58-60H,1,8,14,17-28,30-32,34H2,2-5H3/t40-,41-,42-,44+,46+,47+,48+,49-,50+,51+/m0/s1. The average Bonchev–Trinajstić information content (AvgIpc) is 3.61. The summed E-state index contributed by atoms with van der Waals surface area (Å²) in [5.74, 6) is -1.00. The number of fused-ring (bicyclic) bond motifs is 5. The number of rotatable bonds is 20. The minimum atomic E-state index is -1.25. The van der Waals surface area contributed by atoms with Crippen LogP contribution in [-0.2, 0) is 27.1 Å². The second-order valence-electron chi connectivity index (χ2n) is 18.6. The van der Waals surface area contributed by atoms with Crippen LogP contribution in [0.2, 0.25) is 0 Å². The second kappa shape index (κ2) is 23.2. The minimum absolute atomic E-state index is 0.0185. The molecule has 2 saturated carbocycles. The predicted molar refractivity (Wildman–Crippen MR) is 244 cm³/mol. The molecule has 0 unspecified atom stereocenters. The van der Waals surface area contributed by atoms with E-state index in [0.717, 1.165) is 40.6 Å². The number of aliphatic hydroxyl groups excluding tert-OH is 5. The zero-order valence-corrected chi connectivity index (χ0v) is 37.7. The zero-order chi connectivity index (χ0) is 44.9. The third-order valence-electron chi connectivity index (χ3n) is 14.7. The van der Waals surface area contributed by atoms with E-state index in [2.05, 4.69) is 59.7 Å². The van der Waals surface area contributed by atoms with Gasteiger partial charge in [-0.05, 0) is 144 Å². The first-order valence-electron chi connectivity index (χ1n) is 22.9. The number of carbonyl (C=O) groups is 1. The van der Waals surface area contributed by atoms with Crippen LogP contribution in [0.25, 0.3) is 0 Å². The van der Waals surface area contributed by atoms with E-state index in [1.54, 1.807) is 7.11 Å². The lowest BCUT2D eigenvalue weighted by Gasteiger charge is -2.61. The third kappa shape index (κ3) is 11.2. The lowest BCUT2D eigenvalue weighted by Crippen LogP contribution is -2.65. The fraction of sp³-hybridized carbons (Fsp3) is 0.627. The molecule has 11 nitrogen and oxygen atoms in total. The summed E-state index contributed by atoms with van der Waals surface area (Å²) in [4.78, 5) is 12.4. The maximum atomic E-state index is 12.9. The molecule has 1 aliphatic heterocycles. The Kier molecular flexibility index (Phi) is 18.7. The summed E-state index contributed by atoms with van der Waals surface area (Å²) in [6.07, 6.45) is 17.7. The van der Waals surface area contributed by atoms with Crippen LogP contribution in [0.4, 0.5) is 0 Å². The summed E-state index contributed by atoms with van der Waals surface area (Å²) in [5.41, 5.74) is 3.77. The van der Waals surface area contributed by atoms with Gasteiger partial charge in [-0.15, -0.1) is 0 Å². The van der Waals surface area contributed by atoms with Crippen LogP contribution in [0.1, 0.15) is 82.8 Å². The molecule has 1 heterocycles. The normalized spacial score (nSPS) is 33.6. The van der Waals surface area contributed by atoms with Crippen LogP contribution in [0.5, 0.6) is 0 Å². The molecule has 4 aliphatic rings. The highest BCUT2D eigenvalue weighted by Crippen LogP contribution is 2.67. The number of carbonyl (C=O) groups excluding carboxylic acids is 1. The predicted octanol–water partition coefficient (Wildman–Crippen LogP) is 5.06. The van der Waals surface area contributed by atoms with Crippen molar-refractivity contribution in [2.75, 3.05) is 60.3 Å². The molecule has 2 fully saturated rings. The van der Waals surface area contributed by atoms with Crippen LogP contribution in [0.3, 0.4) is 0 Å². The van der Waals surface area contributed by atoms with Crippen molar-refractivity contribution >= 4 is 6.29 Å². The maximum absolute atomic E-state index is 12.9. The van der Waals surface area contributed by atoms with E-state index in [1.807, 2.05) is 39.1 Å². The molecule has 0 amide bonds. The SMILES string of the molecule is C=C(C=CC=C(COCCO)[C@H]1CC[C@]2([C@@H]1O)[C@H]1C(=C(C)C=O)[C@@H](C=C[C@H]1CCO)C[C@]2(O)CCNC)[C@H]1CC=C(C)[C@@H](O)N[C@@](CCCO)(CCOC)Cc2cccc(c2)C1. The minimum Gasteiger partial charge on any atom is -0.396 e. The van der Waals surface area contributed by atoms with Gasteiger partial charge in [0.05, 0.1) is 31.5 Å². The topological polar surface area (TPSA) is 181 Å². The van der Waals surface area contributed by atoms with Gasteiger partial charge in [0.1, 0.15) is 12.5 Å². The van der Waals surface area contributed by atoms with Crippen molar-refractivity contribution < 1.29 is 44.9 Å². The Bertz CT molecular complexity index is 1790. The summed E-state index contributed by atoms with van der Waals surface area (Å²) in [7, 11) is 3.54. The molecule has 1 aromatic rings. The van der Waals surface area contributed by atoms with Crippen LogP contribution in [0.15, 0.2) is 95.2 Å². The molecule has 8 N–H and O–H groups in total. The molecule has 62 heavy (non-hydrogen) atoms. The Labute approximate surface area is 370 Å². The van der Waals surface area contributed by atoms with Crippen LogP contribution in [-0.4, -0.2) is 121 Å². The Hall–Kier alpha value is -3.07. The molecule has 344 valence electrons. The second-order valence-corrected chi connectivity index (χ2v) is 18.6. The van der Waals surface area contributed by atoms with Gasteiger partial charge in [-0.1, -0.05) is 78.4 Å². The molecule has 1 aromatic carbocycles. The van der Waals surface area contributed by atoms with E-state index >= 15 is 0 Å². The summed E-state index contributed by atoms with van der Waals surface area (Å²) in [6, 6.07) is 8.58. The number of aliphatic hydroxyl groups is 6. The number of aldehydes is 1. The first-order valence-corrected chi connectivity index (χ1v) is 22.9. The number of hydrogen-bond donors (Lipinski definition) is 8. The number of methoxy groups -OCH3 is 1. The summed E-state index contributed by atoms with van der Waals surface area (Å²) < 4.78 is 11.5. The van der Waals surface area contributed by atoms with Gasteiger partial charge in [0.2, 0.25) is 0 Å². The first-order chi connectivity index (χ1) is 29.9. The highest BCUT2D eigenvalue weighted by atomic mass is 16.5. The Morgan fingerprint density at radius 1 is 1.06 bits per heavy atom. The van der Waals surface area contributed by atoms with Crippen LogP contribution in [0, 0.1) is 35.0 Å². The van der Waals surface area contributed by atoms with E-state index in [0.29, 0.717) is 82.9 Å².